The molecule has 4 nitrogen and oxygen atoms in total. The van der Waals surface area contributed by atoms with E-state index in [-0.39, 0.29) is 5.91 Å². The number of fused-ring (bicyclic) bond motifs is 1. The number of amides is 1. The summed E-state index contributed by atoms with van der Waals surface area (Å²) in [6.45, 7) is 0.869. The van der Waals surface area contributed by atoms with Crippen LogP contribution in [0.4, 0.5) is 5.69 Å². The Hall–Kier alpha value is -1.58. The molecule has 2 heterocycles. The molecule has 2 atom stereocenters. The van der Waals surface area contributed by atoms with Crippen LogP contribution in [-0.4, -0.2) is 28.4 Å². The lowest BCUT2D eigenvalue weighted by atomic mass is 9.78. The highest BCUT2D eigenvalue weighted by molar-refractivity contribution is 5.99. The Bertz CT molecular complexity index is 472. The maximum atomic E-state index is 12.7. The van der Waals surface area contributed by atoms with Gasteiger partial charge in [0.05, 0.1) is 5.56 Å². The van der Waals surface area contributed by atoms with Crippen LogP contribution in [0.15, 0.2) is 18.5 Å². The molecule has 0 aromatic carbocycles. The number of likely N-dealkylation sites (tertiary alicyclic amines) is 1. The van der Waals surface area contributed by atoms with Crippen LogP contribution < -0.4 is 5.73 Å². The number of carbonyl (C=O) groups excluding carboxylic acids is 1. The average Bonchev–Trinajstić information content (AvgIpc) is 2.46. The molecule has 3 rings (SSSR count). The summed E-state index contributed by atoms with van der Waals surface area (Å²) < 4.78 is 0. The molecule has 0 bridgehead atoms. The minimum atomic E-state index is 0.0715. The van der Waals surface area contributed by atoms with Gasteiger partial charge >= 0.3 is 0 Å². The summed E-state index contributed by atoms with van der Waals surface area (Å²) in [7, 11) is 0. The molecule has 1 aromatic heterocycles. The van der Waals surface area contributed by atoms with Crippen molar-refractivity contribution in [3.8, 4) is 0 Å². The Kier molecular flexibility index (Phi) is 3.40. The number of hydrogen-bond donors (Lipinski definition) is 1. The second kappa shape index (κ2) is 5.19. The van der Waals surface area contributed by atoms with Gasteiger partial charge in [-0.25, -0.2) is 0 Å². The van der Waals surface area contributed by atoms with Gasteiger partial charge in [0.25, 0.3) is 5.91 Å². The zero-order valence-electron chi connectivity index (χ0n) is 11.2. The van der Waals surface area contributed by atoms with Gasteiger partial charge in [-0.2, -0.15) is 0 Å². The van der Waals surface area contributed by atoms with Crippen molar-refractivity contribution >= 4 is 11.6 Å². The van der Waals surface area contributed by atoms with E-state index in [2.05, 4.69) is 9.88 Å². The van der Waals surface area contributed by atoms with E-state index >= 15 is 0 Å². The SMILES string of the molecule is Nc1ccncc1C(=O)N1CCC[C@H]2CCCC[C@H]21. The Morgan fingerprint density at radius 1 is 1.26 bits per heavy atom. The lowest BCUT2D eigenvalue weighted by molar-refractivity contribution is 0.0391. The fourth-order valence-corrected chi connectivity index (χ4v) is 3.62. The number of piperidine rings is 1. The fourth-order valence-electron chi connectivity index (χ4n) is 3.62. The smallest absolute Gasteiger partial charge is 0.257 e. The van der Waals surface area contributed by atoms with Crippen LogP contribution in [0.3, 0.4) is 0 Å². The van der Waals surface area contributed by atoms with Crippen LogP contribution in [0.1, 0.15) is 48.9 Å². The van der Waals surface area contributed by atoms with E-state index in [1.807, 2.05) is 0 Å². The summed E-state index contributed by atoms with van der Waals surface area (Å²) in [5.41, 5.74) is 7.01. The number of hydrogen-bond acceptors (Lipinski definition) is 3. The first-order chi connectivity index (χ1) is 9.27. The van der Waals surface area contributed by atoms with Crippen LogP contribution in [0.5, 0.6) is 0 Å². The Morgan fingerprint density at radius 3 is 2.89 bits per heavy atom. The van der Waals surface area contributed by atoms with Gasteiger partial charge < -0.3 is 10.6 Å². The number of pyridine rings is 1. The van der Waals surface area contributed by atoms with Gasteiger partial charge in [0.2, 0.25) is 0 Å². The van der Waals surface area contributed by atoms with Crippen LogP contribution >= 0.6 is 0 Å². The maximum absolute atomic E-state index is 12.7. The van der Waals surface area contributed by atoms with Crippen LogP contribution in [0.25, 0.3) is 0 Å². The monoisotopic (exact) mass is 259 g/mol. The first-order valence-corrected chi connectivity index (χ1v) is 7.28. The van der Waals surface area contributed by atoms with Gasteiger partial charge in [0.1, 0.15) is 0 Å². The van der Waals surface area contributed by atoms with E-state index in [4.69, 9.17) is 5.73 Å². The number of carbonyl (C=O) groups is 1. The highest BCUT2D eigenvalue weighted by Gasteiger charge is 2.36. The average molecular weight is 259 g/mol. The third-order valence-electron chi connectivity index (χ3n) is 4.59. The number of nitrogen functional groups attached to an aromatic ring is 1. The quantitative estimate of drug-likeness (QED) is 0.842. The van der Waals surface area contributed by atoms with Crippen molar-refractivity contribution in [3.05, 3.63) is 24.0 Å². The zero-order valence-corrected chi connectivity index (χ0v) is 11.2. The normalized spacial score (nSPS) is 26.8. The standard InChI is InChI=1S/C15H21N3O/c16-13-7-8-17-10-12(13)15(19)18-9-3-5-11-4-1-2-6-14(11)18/h7-8,10-11,14H,1-6,9H2,(H2,16,17)/t11-,14-/m1/s1. The predicted molar refractivity (Wildman–Crippen MR) is 74.7 cm³/mol. The van der Waals surface area contributed by atoms with E-state index < -0.39 is 0 Å². The van der Waals surface area contributed by atoms with Gasteiger partial charge in [-0.15, -0.1) is 0 Å². The molecule has 1 aliphatic carbocycles. The minimum absolute atomic E-state index is 0.0715. The molecule has 1 aliphatic heterocycles. The third kappa shape index (κ3) is 2.31. The molecule has 102 valence electrons. The summed E-state index contributed by atoms with van der Waals surface area (Å²) in [4.78, 5) is 18.8. The molecule has 1 saturated carbocycles. The van der Waals surface area contributed by atoms with Gasteiger partial charge in [-0.1, -0.05) is 12.8 Å². The summed E-state index contributed by atoms with van der Waals surface area (Å²) >= 11 is 0. The highest BCUT2D eigenvalue weighted by atomic mass is 16.2. The fraction of sp³-hybridized carbons (Fsp3) is 0.600. The van der Waals surface area contributed by atoms with Crippen LogP contribution in [-0.2, 0) is 0 Å². The molecule has 4 heteroatoms. The molecule has 2 N–H and O–H groups in total. The summed E-state index contributed by atoms with van der Waals surface area (Å²) in [6.07, 6.45) is 10.6. The van der Waals surface area contributed by atoms with Gasteiger partial charge in [-0.3, -0.25) is 9.78 Å². The van der Waals surface area contributed by atoms with E-state index in [1.54, 1.807) is 18.5 Å². The molecular weight excluding hydrogens is 238 g/mol. The largest absolute Gasteiger partial charge is 0.398 e. The van der Waals surface area contributed by atoms with Crippen molar-refractivity contribution < 1.29 is 4.79 Å². The first-order valence-electron chi connectivity index (χ1n) is 7.28. The molecule has 0 unspecified atom stereocenters. The van der Waals surface area contributed by atoms with Gasteiger partial charge in [0, 0.05) is 30.7 Å². The van der Waals surface area contributed by atoms with Crippen molar-refractivity contribution in [2.75, 3.05) is 12.3 Å². The molecule has 0 radical (unpaired) electrons. The van der Waals surface area contributed by atoms with Crippen LogP contribution in [0.2, 0.25) is 0 Å². The van der Waals surface area contributed by atoms with E-state index in [0.717, 1.165) is 19.4 Å². The van der Waals surface area contributed by atoms with Crippen molar-refractivity contribution in [1.29, 1.82) is 0 Å². The molecular formula is C15H21N3O. The number of nitrogens with zero attached hydrogens (tertiary/aromatic N) is 2. The minimum Gasteiger partial charge on any atom is -0.398 e. The number of anilines is 1. The maximum Gasteiger partial charge on any atom is 0.257 e. The van der Waals surface area contributed by atoms with Gasteiger partial charge in [0.15, 0.2) is 0 Å². The van der Waals surface area contributed by atoms with Gasteiger partial charge in [-0.05, 0) is 37.7 Å². The summed E-state index contributed by atoms with van der Waals surface area (Å²) in [6, 6.07) is 2.13. The first kappa shape index (κ1) is 12.5. The van der Waals surface area contributed by atoms with Crippen molar-refractivity contribution in [3.63, 3.8) is 0 Å². The van der Waals surface area contributed by atoms with Crippen molar-refractivity contribution in [2.24, 2.45) is 5.92 Å². The molecule has 0 spiro atoms. The summed E-state index contributed by atoms with van der Waals surface area (Å²) in [5.74, 6) is 0.770. The number of rotatable bonds is 1. The van der Waals surface area contributed by atoms with Crippen molar-refractivity contribution in [1.82, 2.24) is 9.88 Å². The Labute approximate surface area is 114 Å². The number of nitrogens with two attached hydrogens (primary N) is 1. The lowest BCUT2D eigenvalue weighted by Gasteiger charge is -2.44. The molecule has 1 amide bonds. The third-order valence-corrected chi connectivity index (χ3v) is 4.59. The molecule has 1 aromatic rings. The lowest BCUT2D eigenvalue weighted by Crippen LogP contribution is -2.49. The predicted octanol–water partition coefficient (Wildman–Crippen LogP) is 2.46. The van der Waals surface area contributed by atoms with E-state index in [0.29, 0.717) is 23.2 Å². The molecule has 19 heavy (non-hydrogen) atoms. The molecule has 2 aliphatic rings. The Morgan fingerprint density at radius 2 is 2.05 bits per heavy atom. The Balaban J connectivity index is 1.84. The zero-order chi connectivity index (χ0) is 13.2. The second-order valence-corrected chi connectivity index (χ2v) is 5.72. The van der Waals surface area contributed by atoms with E-state index in [1.165, 1.54) is 25.7 Å². The van der Waals surface area contributed by atoms with Crippen LogP contribution in [0, 0.1) is 5.92 Å². The molecule has 1 saturated heterocycles. The highest BCUT2D eigenvalue weighted by Crippen LogP contribution is 2.36. The molecule has 2 fully saturated rings. The summed E-state index contributed by atoms with van der Waals surface area (Å²) in [5, 5.41) is 0. The van der Waals surface area contributed by atoms with Crippen molar-refractivity contribution in [2.45, 2.75) is 44.6 Å². The second-order valence-electron chi connectivity index (χ2n) is 5.72. The van der Waals surface area contributed by atoms with E-state index in [9.17, 15) is 4.79 Å². The topological polar surface area (TPSA) is 59.2 Å². The number of aromatic nitrogens is 1.